The highest BCUT2D eigenvalue weighted by Gasteiger charge is 2.19. The summed E-state index contributed by atoms with van der Waals surface area (Å²) in [4.78, 5) is 15.0. The summed E-state index contributed by atoms with van der Waals surface area (Å²) < 4.78 is 0. The Hall–Kier alpha value is -0.930. The second-order valence-corrected chi connectivity index (χ2v) is 5.69. The van der Waals surface area contributed by atoms with Gasteiger partial charge in [-0.05, 0) is 50.8 Å². The van der Waals surface area contributed by atoms with Crippen molar-refractivity contribution < 1.29 is 9.78 Å². The molecule has 96 valence electrons. The molecular weight excluding hydrogens is 214 g/mol. The van der Waals surface area contributed by atoms with E-state index in [9.17, 15) is 0 Å². The van der Waals surface area contributed by atoms with E-state index in [2.05, 4.69) is 18.8 Å². The van der Waals surface area contributed by atoms with Crippen molar-refractivity contribution in [3.05, 3.63) is 30.1 Å². The Balaban J connectivity index is 2.68. The minimum Gasteiger partial charge on any atom is -0.265 e. The molecule has 17 heavy (non-hydrogen) atoms. The third-order valence-electron chi connectivity index (χ3n) is 2.18. The van der Waals surface area contributed by atoms with Crippen LogP contribution < -0.4 is 0 Å². The van der Waals surface area contributed by atoms with Crippen molar-refractivity contribution in [2.75, 3.05) is 0 Å². The van der Waals surface area contributed by atoms with Gasteiger partial charge in [0.15, 0.2) is 0 Å². The van der Waals surface area contributed by atoms with Crippen LogP contribution >= 0.6 is 0 Å². The van der Waals surface area contributed by atoms with E-state index in [4.69, 9.17) is 9.78 Å². The summed E-state index contributed by atoms with van der Waals surface area (Å²) in [5.74, 6) is 0.553. The van der Waals surface area contributed by atoms with Gasteiger partial charge in [0.1, 0.15) is 6.10 Å². The largest absolute Gasteiger partial charge is 0.265 e. The van der Waals surface area contributed by atoms with Gasteiger partial charge in [-0.15, -0.1) is 0 Å². The summed E-state index contributed by atoms with van der Waals surface area (Å²) in [5.41, 5.74) is 0.820. The van der Waals surface area contributed by atoms with Gasteiger partial charge in [-0.25, -0.2) is 9.78 Å². The zero-order chi connectivity index (χ0) is 12.9. The maximum absolute atomic E-state index is 5.58. The Labute approximate surface area is 104 Å². The van der Waals surface area contributed by atoms with Crippen molar-refractivity contribution in [2.24, 2.45) is 5.92 Å². The minimum absolute atomic E-state index is 0.0303. The molecule has 0 saturated heterocycles. The van der Waals surface area contributed by atoms with Crippen LogP contribution in [0.4, 0.5) is 0 Å². The van der Waals surface area contributed by atoms with Gasteiger partial charge in [0.2, 0.25) is 0 Å². The molecule has 3 heteroatoms. The fraction of sp³-hybridized carbons (Fsp3) is 0.643. The summed E-state index contributed by atoms with van der Waals surface area (Å²) in [6, 6.07) is 3.94. The van der Waals surface area contributed by atoms with Crippen LogP contribution in [-0.4, -0.2) is 10.6 Å². The van der Waals surface area contributed by atoms with Crippen LogP contribution in [0.15, 0.2) is 24.5 Å². The lowest BCUT2D eigenvalue weighted by molar-refractivity contribution is -0.377. The fourth-order valence-electron chi connectivity index (χ4n) is 1.44. The quantitative estimate of drug-likeness (QED) is 0.574. The maximum atomic E-state index is 5.58. The third kappa shape index (κ3) is 5.80. The molecule has 3 nitrogen and oxygen atoms in total. The van der Waals surface area contributed by atoms with Crippen LogP contribution in [-0.2, 0) is 9.78 Å². The molecular formula is C14H23NO2. The predicted molar refractivity (Wildman–Crippen MR) is 68.4 cm³/mol. The molecule has 1 atom stereocenters. The summed E-state index contributed by atoms with van der Waals surface area (Å²) in [7, 11) is 0. The highest BCUT2D eigenvalue weighted by Crippen LogP contribution is 2.26. The van der Waals surface area contributed by atoms with Gasteiger partial charge < -0.3 is 0 Å². The van der Waals surface area contributed by atoms with Gasteiger partial charge in [0.05, 0.1) is 5.60 Å². The Bertz CT molecular complexity index is 317. The van der Waals surface area contributed by atoms with Crippen molar-refractivity contribution in [1.82, 2.24) is 4.98 Å². The zero-order valence-corrected chi connectivity index (χ0v) is 11.4. The van der Waals surface area contributed by atoms with Crippen molar-refractivity contribution in [3.63, 3.8) is 0 Å². The van der Waals surface area contributed by atoms with Gasteiger partial charge in [-0.1, -0.05) is 13.8 Å². The maximum Gasteiger partial charge on any atom is 0.118 e. The van der Waals surface area contributed by atoms with Gasteiger partial charge in [0.25, 0.3) is 0 Å². The molecule has 0 bridgehead atoms. The first-order chi connectivity index (χ1) is 7.88. The van der Waals surface area contributed by atoms with Crippen molar-refractivity contribution >= 4 is 0 Å². The van der Waals surface area contributed by atoms with Gasteiger partial charge in [-0.3, -0.25) is 4.98 Å². The molecule has 0 radical (unpaired) electrons. The minimum atomic E-state index is -0.289. The van der Waals surface area contributed by atoms with Crippen LogP contribution in [0, 0.1) is 5.92 Å². The monoisotopic (exact) mass is 237 g/mol. The smallest absolute Gasteiger partial charge is 0.118 e. The second-order valence-electron chi connectivity index (χ2n) is 5.69. The molecule has 0 aliphatic carbocycles. The van der Waals surface area contributed by atoms with E-state index in [0.717, 1.165) is 12.0 Å². The molecule has 1 rings (SSSR count). The standard InChI is InChI=1S/C14H23NO2/c1-11(2)10-13(16-17-14(3,4)5)12-6-8-15-9-7-12/h6-9,11,13H,10H2,1-5H3. The molecule has 0 aromatic carbocycles. The van der Waals surface area contributed by atoms with E-state index >= 15 is 0 Å². The van der Waals surface area contributed by atoms with E-state index in [-0.39, 0.29) is 11.7 Å². The van der Waals surface area contributed by atoms with Crippen LogP contribution in [0.5, 0.6) is 0 Å². The van der Waals surface area contributed by atoms with Crippen LogP contribution in [0.3, 0.4) is 0 Å². The number of aromatic nitrogens is 1. The first-order valence-corrected chi connectivity index (χ1v) is 6.13. The molecule has 0 spiro atoms. The Morgan fingerprint density at radius 1 is 1.18 bits per heavy atom. The Morgan fingerprint density at radius 2 is 1.76 bits per heavy atom. The first kappa shape index (κ1) is 14.1. The summed E-state index contributed by atoms with van der Waals surface area (Å²) >= 11 is 0. The van der Waals surface area contributed by atoms with E-state index in [1.165, 1.54) is 0 Å². The van der Waals surface area contributed by atoms with Gasteiger partial charge in [0, 0.05) is 12.4 Å². The SMILES string of the molecule is CC(C)CC(OOC(C)(C)C)c1ccncc1. The number of rotatable bonds is 5. The van der Waals surface area contributed by atoms with E-state index in [1.54, 1.807) is 12.4 Å². The molecule has 0 amide bonds. The topological polar surface area (TPSA) is 31.4 Å². The van der Waals surface area contributed by atoms with E-state index in [1.807, 2.05) is 32.9 Å². The summed E-state index contributed by atoms with van der Waals surface area (Å²) in [6.45, 7) is 10.3. The van der Waals surface area contributed by atoms with Crippen LogP contribution in [0.2, 0.25) is 0 Å². The number of hydrogen-bond acceptors (Lipinski definition) is 3. The molecule has 0 saturated carbocycles. The molecule has 0 fully saturated rings. The average molecular weight is 237 g/mol. The lowest BCUT2D eigenvalue weighted by Crippen LogP contribution is -2.21. The zero-order valence-electron chi connectivity index (χ0n) is 11.4. The normalized spacial score (nSPS) is 14.0. The van der Waals surface area contributed by atoms with Gasteiger partial charge >= 0.3 is 0 Å². The van der Waals surface area contributed by atoms with Crippen molar-refractivity contribution in [3.8, 4) is 0 Å². The molecule has 0 N–H and O–H groups in total. The fourth-order valence-corrected chi connectivity index (χ4v) is 1.44. The predicted octanol–water partition coefficient (Wildman–Crippen LogP) is 3.92. The Morgan fingerprint density at radius 3 is 2.24 bits per heavy atom. The number of nitrogens with zero attached hydrogens (tertiary/aromatic N) is 1. The highest BCUT2D eigenvalue weighted by atomic mass is 17.2. The second kappa shape index (κ2) is 6.12. The van der Waals surface area contributed by atoms with E-state index < -0.39 is 0 Å². The molecule has 0 aliphatic heterocycles. The Kier molecular flexibility index (Phi) is 5.09. The van der Waals surface area contributed by atoms with Gasteiger partial charge in [-0.2, -0.15) is 0 Å². The summed E-state index contributed by atoms with van der Waals surface area (Å²) in [5, 5.41) is 0. The molecule has 1 unspecified atom stereocenters. The number of hydrogen-bond donors (Lipinski definition) is 0. The van der Waals surface area contributed by atoms with Crippen LogP contribution in [0.1, 0.15) is 52.7 Å². The molecule has 1 aromatic rings. The average Bonchev–Trinajstić information content (AvgIpc) is 2.24. The molecule has 0 aliphatic rings. The highest BCUT2D eigenvalue weighted by molar-refractivity contribution is 5.13. The lowest BCUT2D eigenvalue weighted by Gasteiger charge is -2.24. The number of pyridine rings is 1. The molecule has 1 heterocycles. The van der Waals surface area contributed by atoms with Crippen molar-refractivity contribution in [2.45, 2.75) is 52.7 Å². The lowest BCUT2D eigenvalue weighted by atomic mass is 10.0. The first-order valence-electron chi connectivity index (χ1n) is 6.13. The van der Waals surface area contributed by atoms with Crippen molar-refractivity contribution in [1.29, 1.82) is 0 Å². The molecule has 1 aromatic heterocycles. The third-order valence-corrected chi connectivity index (χ3v) is 2.18. The van der Waals surface area contributed by atoms with E-state index in [0.29, 0.717) is 5.92 Å². The summed E-state index contributed by atoms with van der Waals surface area (Å²) in [6.07, 6.45) is 4.46. The van der Waals surface area contributed by atoms with Crippen LogP contribution in [0.25, 0.3) is 0 Å².